The molecule has 4 rings (SSSR count). The number of carbonyl (C=O) groups excluding carboxylic acids is 2. The highest BCUT2D eigenvalue weighted by atomic mass is 32.2. The number of alkyl halides is 3. The van der Waals surface area contributed by atoms with E-state index in [2.05, 4.69) is 11.4 Å². The molecule has 1 aromatic rings. The van der Waals surface area contributed by atoms with Crippen LogP contribution in [0, 0.1) is 29.1 Å². The van der Waals surface area contributed by atoms with Gasteiger partial charge in [0.25, 0.3) is 10.2 Å². The Kier molecular flexibility index (Phi) is 7.83. The van der Waals surface area contributed by atoms with E-state index in [1.165, 1.54) is 25.6 Å². The molecular weight excluding hydrogens is 511 g/mol. The van der Waals surface area contributed by atoms with Crippen LogP contribution in [0.15, 0.2) is 24.3 Å². The van der Waals surface area contributed by atoms with E-state index < -0.39 is 33.9 Å². The Bertz CT molecular complexity index is 1160. The maximum Gasteiger partial charge on any atom is 0.416 e. The lowest BCUT2D eigenvalue weighted by Gasteiger charge is -2.41. The molecule has 3 aliphatic heterocycles. The van der Waals surface area contributed by atoms with Gasteiger partial charge in [0.05, 0.1) is 23.5 Å². The van der Waals surface area contributed by atoms with Gasteiger partial charge in [-0.3, -0.25) is 9.59 Å². The SMILES string of the molecule is C[C@@H]1C[C@@H](C(=O)NCc2ccc(C(F)(F)F)cc2)N(C(=O)[C@H]2CCCN(S(=O)(=O)N3CC(C#N)C3)C2)C1. The number of hydrogen-bond acceptors (Lipinski definition) is 5. The molecule has 3 heterocycles. The number of nitrogens with one attached hydrogen (secondary N) is 1. The van der Waals surface area contributed by atoms with E-state index in [0.29, 0.717) is 37.9 Å². The predicted molar refractivity (Wildman–Crippen MR) is 126 cm³/mol. The summed E-state index contributed by atoms with van der Waals surface area (Å²) in [4.78, 5) is 28.0. The Balaban J connectivity index is 1.37. The van der Waals surface area contributed by atoms with Gasteiger partial charge in [0.2, 0.25) is 11.8 Å². The lowest BCUT2D eigenvalue weighted by Crippen LogP contribution is -2.57. The van der Waals surface area contributed by atoms with Gasteiger partial charge in [0, 0.05) is 39.3 Å². The lowest BCUT2D eigenvalue weighted by molar-refractivity contribution is -0.142. The van der Waals surface area contributed by atoms with Crippen molar-refractivity contribution >= 4 is 22.0 Å². The fourth-order valence-electron chi connectivity index (χ4n) is 5.12. The molecule has 202 valence electrons. The molecule has 0 aliphatic carbocycles. The third-order valence-corrected chi connectivity index (χ3v) is 9.20. The standard InChI is InChI=1S/C24H30F3N5O4S/c1-16-9-21(22(33)29-11-17-4-6-20(7-5-17)24(25,26)27)32(12-16)23(34)19-3-2-8-30(15-19)37(35,36)31-13-18(10-28)14-31/h4-7,16,18-19,21H,2-3,8-9,11-15H2,1H3,(H,29,33)/t16-,19+,21+/m1/s1. The smallest absolute Gasteiger partial charge is 0.350 e. The summed E-state index contributed by atoms with van der Waals surface area (Å²) in [5.41, 5.74) is -0.269. The first-order chi connectivity index (χ1) is 17.4. The van der Waals surface area contributed by atoms with Crippen LogP contribution in [0.2, 0.25) is 0 Å². The van der Waals surface area contributed by atoms with E-state index in [0.717, 1.165) is 12.1 Å². The van der Waals surface area contributed by atoms with Crippen LogP contribution >= 0.6 is 0 Å². The van der Waals surface area contributed by atoms with Crippen LogP contribution < -0.4 is 5.32 Å². The molecule has 3 saturated heterocycles. The molecule has 3 fully saturated rings. The Morgan fingerprint density at radius 3 is 2.41 bits per heavy atom. The summed E-state index contributed by atoms with van der Waals surface area (Å²) in [6.45, 7) is 2.95. The highest BCUT2D eigenvalue weighted by Crippen LogP contribution is 2.31. The predicted octanol–water partition coefficient (Wildman–Crippen LogP) is 1.97. The van der Waals surface area contributed by atoms with Crippen LogP contribution in [0.25, 0.3) is 0 Å². The number of rotatable bonds is 6. The monoisotopic (exact) mass is 541 g/mol. The summed E-state index contributed by atoms with van der Waals surface area (Å²) in [5, 5.41) is 11.7. The third kappa shape index (κ3) is 5.91. The molecule has 0 saturated carbocycles. The van der Waals surface area contributed by atoms with Gasteiger partial charge in [-0.05, 0) is 42.9 Å². The van der Waals surface area contributed by atoms with Crippen LogP contribution in [-0.4, -0.2) is 72.5 Å². The third-order valence-electron chi connectivity index (χ3n) is 7.26. The number of benzene rings is 1. The number of nitrogens with zero attached hydrogens (tertiary/aromatic N) is 4. The lowest BCUT2D eigenvalue weighted by atomic mass is 9.97. The first-order valence-electron chi connectivity index (χ1n) is 12.3. The van der Waals surface area contributed by atoms with Gasteiger partial charge < -0.3 is 10.2 Å². The Morgan fingerprint density at radius 1 is 1.11 bits per heavy atom. The summed E-state index contributed by atoms with van der Waals surface area (Å²) >= 11 is 0. The second kappa shape index (κ2) is 10.6. The number of nitriles is 1. The number of halogens is 3. The molecule has 0 aromatic heterocycles. The highest BCUT2D eigenvalue weighted by molar-refractivity contribution is 7.86. The van der Waals surface area contributed by atoms with Gasteiger partial charge in [0.1, 0.15) is 6.04 Å². The van der Waals surface area contributed by atoms with Crippen molar-refractivity contribution in [1.29, 1.82) is 5.26 Å². The minimum atomic E-state index is -4.44. The van der Waals surface area contributed by atoms with Gasteiger partial charge in [-0.1, -0.05) is 19.1 Å². The van der Waals surface area contributed by atoms with Crippen molar-refractivity contribution in [3.8, 4) is 6.07 Å². The van der Waals surface area contributed by atoms with Crippen molar-refractivity contribution in [2.75, 3.05) is 32.7 Å². The summed E-state index contributed by atoms with van der Waals surface area (Å²) in [6, 6.07) is 5.84. The number of likely N-dealkylation sites (tertiary alicyclic amines) is 1. The maximum atomic E-state index is 13.5. The fraction of sp³-hybridized carbons (Fsp3) is 0.625. The van der Waals surface area contributed by atoms with E-state index in [1.807, 2.05) is 6.92 Å². The minimum absolute atomic E-state index is 0.0266. The molecule has 0 radical (unpaired) electrons. The molecule has 0 spiro atoms. The number of carbonyl (C=O) groups is 2. The van der Waals surface area contributed by atoms with Crippen LogP contribution in [0.5, 0.6) is 0 Å². The van der Waals surface area contributed by atoms with Crippen LogP contribution in [0.4, 0.5) is 13.2 Å². The Labute approximate surface area is 214 Å². The quantitative estimate of drug-likeness (QED) is 0.592. The molecule has 37 heavy (non-hydrogen) atoms. The van der Waals surface area contributed by atoms with Gasteiger partial charge in [-0.2, -0.15) is 35.5 Å². The van der Waals surface area contributed by atoms with Crippen molar-refractivity contribution in [2.24, 2.45) is 17.8 Å². The van der Waals surface area contributed by atoms with E-state index in [9.17, 15) is 31.2 Å². The van der Waals surface area contributed by atoms with Crippen LogP contribution in [-0.2, 0) is 32.5 Å². The zero-order valence-corrected chi connectivity index (χ0v) is 21.3. The minimum Gasteiger partial charge on any atom is -0.350 e. The van der Waals surface area contributed by atoms with Crippen molar-refractivity contribution in [3.05, 3.63) is 35.4 Å². The summed E-state index contributed by atoms with van der Waals surface area (Å²) < 4.78 is 66.7. The number of hydrogen-bond donors (Lipinski definition) is 1. The van der Waals surface area contributed by atoms with Gasteiger partial charge in [-0.25, -0.2) is 0 Å². The topological polar surface area (TPSA) is 114 Å². The first-order valence-corrected chi connectivity index (χ1v) is 13.7. The molecule has 1 N–H and O–H groups in total. The highest BCUT2D eigenvalue weighted by Gasteiger charge is 2.45. The molecule has 9 nitrogen and oxygen atoms in total. The molecule has 2 amide bonds. The second-order valence-corrected chi connectivity index (χ2v) is 12.0. The van der Waals surface area contributed by atoms with Crippen molar-refractivity contribution in [1.82, 2.24) is 18.8 Å². The molecule has 3 atom stereocenters. The molecule has 3 aliphatic rings. The fourth-order valence-corrected chi connectivity index (χ4v) is 6.91. The number of piperidine rings is 1. The van der Waals surface area contributed by atoms with E-state index in [1.54, 1.807) is 0 Å². The first kappa shape index (κ1) is 27.3. The van der Waals surface area contributed by atoms with E-state index >= 15 is 0 Å². The molecule has 0 bridgehead atoms. The number of amides is 2. The average molecular weight is 542 g/mol. The molecule has 13 heteroatoms. The van der Waals surface area contributed by atoms with Crippen LogP contribution in [0.3, 0.4) is 0 Å². The van der Waals surface area contributed by atoms with Gasteiger partial charge in [0.15, 0.2) is 0 Å². The largest absolute Gasteiger partial charge is 0.416 e. The Morgan fingerprint density at radius 2 is 1.78 bits per heavy atom. The van der Waals surface area contributed by atoms with Crippen LogP contribution in [0.1, 0.15) is 37.3 Å². The molecule has 0 unspecified atom stereocenters. The van der Waals surface area contributed by atoms with Gasteiger partial charge >= 0.3 is 6.18 Å². The van der Waals surface area contributed by atoms with Crippen molar-refractivity contribution in [2.45, 2.75) is 44.9 Å². The maximum absolute atomic E-state index is 13.5. The Hall–Kier alpha value is -2.69. The van der Waals surface area contributed by atoms with E-state index in [-0.39, 0.29) is 49.8 Å². The summed E-state index contributed by atoms with van der Waals surface area (Å²) in [5.74, 6) is -1.48. The van der Waals surface area contributed by atoms with Crippen molar-refractivity contribution in [3.63, 3.8) is 0 Å². The second-order valence-electron chi connectivity index (χ2n) is 10.1. The van der Waals surface area contributed by atoms with Crippen molar-refractivity contribution < 1.29 is 31.2 Å². The summed E-state index contributed by atoms with van der Waals surface area (Å²) in [7, 11) is -3.76. The zero-order chi connectivity index (χ0) is 27.0. The molecular formula is C24H30F3N5O4S. The normalized spacial score (nSPS) is 25.9. The van der Waals surface area contributed by atoms with Gasteiger partial charge in [-0.15, -0.1) is 0 Å². The molecule has 1 aromatic carbocycles. The zero-order valence-electron chi connectivity index (χ0n) is 20.4. The van der Waals surface area contributed by atoms with E-state index in [4.69, 9.17) is 5.26 Å². The average Bonchev–Trinajstić information content (AvgIpc) is 3.22. The summed E-state index contributed by atoms with van der Waals surface area (Å²) in [6.07, 6.45) is -2.97.